The van der Waals surface area contributed by atoms with Gasteiger partial charge in [0.05, 0.1) is 0 Å². The van der Waals surface area contributed by atoms with E-state index in [9.17, 15) is 0 Å². The van der Waals surface area contributed by atoms with Gasteiger partial charge in [0.1, 0.15) is 0 Å². The Morgan fingerprint density at radius 3 is 2.44 bits per heavy atom. The van der Waals surface area contributed by atoms with Crippen LogP contribution in [-0.4, -0.2) is 6.04 Å². The maximum absolute atomic E-state index is 6.29. The summed E-state index contributed by atoms with van der Waals surface area (Å²) in [6, 6.07) is 18.4. The maximum Gasteiger partial charge on any atom is 0.0408 e. The van der Waals surface area contributed by atoms with Crippen molar-refractivity contribution in [2.45, 2.75) is 25.3 Å². The van der Waals surface area contributed by atoms with Gasteiger partial charge in [-0.25, -0.2) is 0 Å². The second-order valence-electron chi connectivity index (χ2n) is 4.70. The van der Waals surface area contributed by atoms with Gasteiger partial charge in [-0.1, -0.05) is 61.0 Å². The largest absolute Gasteiger partial charge is 0.327 e. The first-order valence-corrected chi connectivity index (χ1v) is 6.59. The van der Waals surface area contributed by atoms with Crippen molar-refractivity contribution in [3.63, 3.8) is 0 Å². The van der Waals surface area contributed by atoms with E-state index in [0.29, 0.717) is 5.92 Å². The Balaban J connectivity index is 2.06. The third-order valence-corrected chi connectivity index (χ3v) is 3.56. The molecule has 2 heteroatoms. The second kappa shape index (κ2) is 6.03. The number of benzene rings is 2. The van der Waals surface area contributed by atoms with Crippen molar-refractivity contribution < 1.29 is 0 Å². The van der Waals surface area contributed by atoms with Crippen LogP contribution in [0.5, 0.6) is 0 Å². The molecule has 2 unspecified atom stereocenters. The Bertz CT molecular complexity index is 495. The SMILES string of the molecule is CC(c1ccccc1)C(N)Cc1cccc(Cl)c1. The second-order valence-corrected chi connectivity index (χ2v) is 5.13. The van der Waals surface area contributed by atoms with Gasteiger partial charge >= 0.3 is 0 Å². The molecule has 94 valence electrons. The highest BCUT2D eigenvalue weighted by atomic mass is 35.5. The van der Waals surface area contributed by atoms with Crippen LogP contribution < -0.4 is 5.73 Å². The van der Waals surface area contributed by atoms with E-state index in [2.05, 4.69) is 37.3 Å². The average Bonchev–Trinajstić information content (AvgIpc) is 2.39. The van der Waals surface area contributed by atoms with Gasteiger partial charge in [0.15, 0.2) is 0 Å². The van der Waals surface area contributed by atoms with Gasteiger partial charge in [0.2, 0.25) is 0 Å². The molecule has 0 heterocycles. The van der Waals surface area contributed by atoms with Crippen LogP contribution in [0.3, 0.4) is 0 Å². The molecule has 18 heavy (non-hydrogen) atoms. The van der Waals surface area contributed by atoms with Gasteiger partial charge in [0.25, 0.3) is 0 Å². The van der Waals surface area contributed by atoms with E-state index in [1.165, 1.54) is 11.1 Å². The lowest BCUT2D eigenvalue weighted by atomic mass is 9.90. The summed E-state index contributed by atoms with van der Waals surface area (Å²) in [6.07, 6.45) is 0.844. The van der Waals surface area contributed by atoms with Crippen molar-refractivity contribution in [3.8, 4) is 0 Å². The summed E-state index contributed by atoms with van der Waals surface area (Å²) in [5, 5.41) is 0.770. The molecular formula is C16H18ClN. The summed E-state index contributed by atoms with van der Waals surface area (Å²) in [5.74, 6) is 0.338. The van der Waals surface area contributed by atoms with Crippen molar-refractivity contribution in [3.05, 3.63) is 70.7 Å². The van der Waals surface area contributed by atoms with E-state index in [1.807, 2.05) is 24.3 Å². The van der Waals surface area contributed by atoms with Crippen LogP contribution in [0.25, 0.3) is 0 Å². The highest BCUT2D eigenvalue weighted by Gasteiger charge is 2.15. The first-order chi connectivity index (χ1) is 8.66. The standard InChI is InChI=1S/C16H18ClN/c1-12(14-7-3-2-4-8-14)16(18)11-13-6-5-9-15(17)10-13/h2-10,12,16H,11,18H2,1H3. The summed E-state index contributed by atoms with van der Waals surface area (Å²) >= 11 is 5.98. The van der Waals surface area contributed by atoms with Crippen LogP contribution >= 0.6 is 11.6 Å². The van der Waals surface area contributed by atoms with Gasteiger partial charge in [-0.2, -0.15) is 0 Å². The summed E-state index contributed by atoms with van der Waals surface area (Å²) in [4.78, 5) is 0. The van der Waals surface area contributed by atoms with Gasteiger partial charge in [-0.05, 0) is 35.6 Å². The monoisotopic (exact) mass is 259 g/mol. The predicted octanol–water partition coefficient (Wildman–Crippen LogP) is 4.01. The lowest BCUT2D eigenvalue weighted by Gasteiger charge is -2.20. The predicted molar refractivity (Wildman–Crippen MR) is 78.0 cm³/mol. The van der Waals surface area contributed by atoms with E-state index in [0.717, 1.165) is 11.4 Å². The molecule has 0 radical (unpaired) electrons. The normalized spacial score (nSPS) is 14.2. The molecule has 0 aliphatic carbocycles. The Labute approximate surface area is 114 Å². The molecule has 2 atom stereocenters. The Hall–Kier alpha value is -1.31. The van der Waals surface area contributed by atoms with Crippen LogP contribution in [0.1, 0.15) is 24.0 Å². The van der Waals surface area contributed by atoms with Crippen LogP contribution in [-0.2, 0) is 6.42 Å². The number of hydrogen-bond acceptors (Lipinski definition) is 1. The molecule has 0 spiro atoms. The van der Waals surface area contributed by atoms with Crippen molar-refractivity contribution >= 4 is 11.6 Å². The molecular weight excluding hydrogens is 242 g/mol. The highest BCUT2D eigenvalue weighted by molar-refractivity contribution is 6.30. The lowest BCUT2D eigenvalue weighted by Crippen LogP contribution is -2.29. The Morgan fingerprint density at radius 2 is 1.78 bits per heavy atom. The fourth-order valence-corrected chi connectivity index (χ4v) is 2.33. The molecule has 0 saturated heterocycles. The number of halogens is 1. The maximum atomic E-state index is 6.29. The minimum Gasteiger partial charge on any atom is -0.327 e. The summed E-state index contributed by atoms with van der Waals surface area (Å²) in [7, 11) is 0. The molecule has 0 amide bonds. The van der Waals surface area contributed by atoms with E-state index >= 15 is 0 Å². The molecule has 0 saturated carbocycles. The first kappa shape index (κ1) is 13.1. The topological polar surface area (TPSA) is 26.0 Å². The first-order valence-electron chi connectivity index (χ1n) is 6.22. The molecule has 0 aliphatic heterocycles. The number of hydrogen-bond donors (Lipinski definition) is 1. The molecule has 2 aromatic rings. The van der Waals surface area contributed by atoms with Crippen molar-refractivity contribution in [2.24, 2.45) is 5.73 Å². The average molecular weight is 260 g/mol. The molecule has 0 aromatic heterocycles. The molecule has 2 rings (SSSR count). The van der Waals surface area contributed by atoms with Crippen LogP contribution in [0.2, 0.25) is 5.02 Å². The van der Waals surface area contributed by atoms with Gasteiger partial charge < -0.3 is 5.73 Å². The lowest BCUT2D eigenvalue weighted by molar-refractivity contribution is 0.564. The van der Waals surface area contributed by atoms with Gasteiger partial charge in [-0.15, -0.1) is 0 Å². The fraction of sp³-hybridized carbons (Fsp3) is 0.250. The molecule has 2 N–H and O–H groups in total. The van der Waals surface area contributed by atoms with Crippen LogP contribution in [0.15, 0.2) is 54.6 Å². The third kappa shape index (κ3) is 3.34. The van der Waals surface area contributed by atoms with E-state index in [-0.39, 0.29) is 6.04 Å². The summed E-state index contributed by atoms with van der Waals surface area (Å²) in [5.41, 5.74) is 8.76. The Kier molecular flexibility index (Phi) is 4.40. The molecule has 0 aliphatic rings. The van der Waals surface area contributed by atoms with Crippen molar-refractivity contribution in [2.75, 3.05) is 0 Å². The summed E-state index contributed by atoms with van der Waals surface area (Å²) < 4.78 is 0. The number of rotatable bonds is 4. The molecule has 0 bridgehead atoms. The molecule has 2 aromatic carbocycles. The van der Waals surface area contributed by atoms with E-state index in [4.69, 9.17) is 17.3 Å². The van der Waals surface area contributed by atoms with Crippen molar-refractivity contribution in [1.29, 1.82) is 0 Å². The number of nitrogens with two attached hydrogens (primary N) is 1. The van der Waals surface area contributed by atoms with Gasteiger partial charge in [0, 0.05) is 11.1 Å². The van der Waals surface area contributed by atoms with Gasteiger partial charge in [-0.3, -0.25) is 0 Å². The summed E-state index contributed by atoms with van der Waals surface area (Å²) in [6.45, 7) is 2.17. The zero-order valence-corrected chi connectivity index (χ0v) is 11.3. The zero-order chi connectivity index (χ0) is 13.0. The van der Waals surface area contributed by atoms with Crippen molar-refractivity contribution in [1.82, 2.24) is 0 Å². The molecule has 0 fully saturated rings. The highest BCUT2D eigenvalue weighted by Crippen LogP contribution is 2.21. The minimum absolute atomic E-state index is 0.103. The smallest absolute Gasteiger partial charge is 0.0408 e. The zero-order valence-electron chi connectivity index (χ0n) is 10.5. The van der Waals surface area contributed by atoms with E-state index in [1.54, 1.807) is 0 Å². The molecule has 1 nitrogen and oxygen atoms in total. The fourth-order valence-electron chi connectivity index (χ4n) is 2.12. The Morgan fingerprint density at radius 1 is 1.06 bits per heavy atom. The minimum atomic E-state index is 0.103. The quantitative estimate of drug-likeness (QED) is 0.882. The van der Waals surface area contributed by atoms with Crippen LogP contribution in [0, 0.1) is 0 Å². The van der Waals surface area contributed by atoms with E-state index < -0.39 is 0 Å². The van der Waals surface area contributed by atoms with Crippen LogP contribution in [0.4, 0.5) is 0 Å². The third-order valence-electron chi connectivity index (χ3n) is 3.33.